The number of aromatic amines is 1. The van der Waals surface area contributed by atoms with Crippen LogP contribution in [0, 0.1) is 0 Å². The molecule has 2 N–H and O–H groups in total. The van der Waals surface area contributed by atoms with Crippen molar-refractivity contribution in [3.8, 4) is 5.75 Å². The molecule has 0 saturated carbocycles. The minimum absolute atomic E-state index is 0.0575. The molecule has 0 bridgehead atoms. The number of aromatic nitrogens is 1. The predicted octanol–water partition coefficient (Wildman–Crippen LogP) is 5.82. The molecule has 3 heteroatoms. The van der Waals surface area contributed by atoms with E-state index in [0.717, 1.165) is 26.7 Å². The molecular weight excluding hydrogens is 362 g/mol. The number of rotatable bonds is 3. The van der Waals surface area contributed by atoms with Crippen molar-refractivity contribution in [2.75, 3.05) is 0 Å². The minimum atomic E-state index is -0.0575. The third-order valence-electron chi connectivity index (χ3n) is 4.40. The highest BCUT2D eigenvalue weighted by atomic mass is 79.9. The Hall–Kier alpha value is -2.52. The van der Waals surface area contributed by atoms with Crippen molar-refractivity contribution in [2.24, 2.45) is 0 Å². The zero-order valence-electron chi connectivity index (χ0n) is 12.9. The lowest BCUT2D eigenvalue weighted by Gasteiger charge is -2.20. The number of fused-ring (bicyclic) bond motifs is 1. The number of hydrogen-bond donors (Lipinski definition) is 2. The normalized spacial score (nSPS) is 12.4. The molecule has 1 atom stereocenters. The first-order valence-corrected chi connectivity index (χ1v) is 8.63. The third kappa shape index (κ3) is 2.51. The van der Waals surface area contributed by atoms with Crippen LogP contribution in [0.25, 0.3) is 10.9 Å². The first-order valence-electron chi connectivity index (χ1n) is 7.84. The number of benzene rings is 3. The van der Waals surface area contributed by atoms with Crippen molar-refractivity contribution in [1.82, 2.24) is 4.98 Å². The highest BCUT2D eigenvalue weighted by Gasteiger charge is 2.24. The second-order valence-corrected chi connectivity index (χ2v) is 6.66. The lowest BCUT2D eigenvalue weighted by atomic mass is 9.84. The molecule has 3 aromatic carbocycles. The largest absolute Gasteiger partial charge is 0.508 e. The van der Waals surface area contributed by atoms with Gasteiger partial charge in [0.2, 0.25) is 0 Å². The summed E-state index contributed by atoms with van der Waals surface area (Å²) in [5.41, 5.74) is 4.27. The second-order valence-electron chi connectivity index (χ2n) is 5.80. The van der Waals surface area contributed by atoms with Crippen molar-refractivity contribution in [3.63, 3.8) is 0 Å². The van der Waals surface area contributed by atoms with Gasteiger partial charge in [-0.3, -0.25) is 0 Å². The topological polar surface area (TPSA) is 36.0 Å². The number of H-pyrrole nitrogens is 1. The van der Waals surface area contributed by atoms with E-state index in [1.807, 2.05) is 54.7 Å². The quantitative estimate of drug-likeness (QED) is 0.463. The molecule has 0 amide bonds. The third-order valence-corrected chi connectivity index (χ3v) is 5.12. The number of aromatic hydroxyl groups is 1. The molecule has 24 heavy (non-hydrogen) atoms. The Morgan fingerprint density at radius 2 is 1.42 bits per heavy atom. The molecule has 0 fully saturated rings. The first-order chi connectivity index (χ1) is 11.8. The summed E-state index contributed by atoms with van der Waals surface area (Å²) in [6.07, 6.45) is 2.04. The molecule has 4 rings (SSSR count). The Morgan fingerprint density at radius 3 is 2.21 bits per heavy atom. The summed E-state index contributed by atoms with van der Waals surface area (Å²) in [5, 5.41) is 11.6. The van der Waals surface area contributed by atoms with Crippen molar-refractivity contribution >= 4 is 26.8 Å². The van der Waals surface area contributed by atoms with Gasteiger partial charge in [-0.1, -0.05) is 70.5 Å². The van der Waals surface area contributed by atoms with E-state index in [4.69, 9.17) is 0 Å². The maximum Gasteiger partial charge on any atom is 0.119 e. The van der Waals surface area contributed by atoms with Crippen molar-refractivity contribution in [3.05, 3.63) is 100 Å². The van der Waals surface area contributed by atoms with Crippen LogP contribution in [0.3, 0.4) is 0 Å². The van der Waals surface area contributed by atoms with Crippen LogP contribution in [-0.2, 0) is 0 Å². The van der Waals surface area contributed by atoms with Gasteiger partial charge in [0.25, 0.3) is 0 Å². The van der Waals surface area contributed by atoms with Crippen LogP contribution in [0.5, 0.6) is 5.75 Å². The van der Waals surface area contributed by atoms with E-state index in [1.54, 1.807) is 6.07 Å². The molecule has 1 heterocycles. The van der Waals surface area contributed by atoms with Crippen LogP contribution >= 0.6 is 15.9 Å². The number of hydrogen-bond acceptors (Lipinski definition) is 1. The molecular formula is C21H16BrNO. The molecule has 1 unspecified atom stereocenters. The maximum absolute atomic E-state index is 10.5. The number of para-hydroxylation sites is 2. The summed E-state index contributed by atoms with van der Waals surface area (Å²) in [6, 6.07) is 24.0. The molecule has 118 valence electrons. The molecule has 1 aromatic heterocycles. The highest BCUT2D eigenvalue weighted by Crippen LogP contribution is 2.41. The van der Waals surface area contributed by atoms with Gasteiger partial charge in [0.1, 0.15) is 5.75 Å². The molecule has 0 spiro atoms. The van der Waals surface area contributed by atoms with Crippen LogP contribution in [-0.4, -0.2) is 10.1 Å². The van der Waals surface area contributed by atoms with Crippen LogP contribution < -0.4 is 0 Å². The zero-order chi connectivity index (χ0) is 16.5. The van der Waals surface area contributed by atoms with Gasteiger partial charge in [0, 0.05) is 33.1 Å². The number of nitrogens with one attached hydrogen (secondary N) is 1. The summed E-state index contributed by atoms with van der Waals surface area (Å²) in [6.45, 7) is 0. The van der Waals surface area contributed by atoms with Crippen LogP contribution in [0.15, 0.2) is 83.5 Å². The fourth-order valence-corrected chi connectivity index (χ4v) is 3.79. The average molecular weight is 378 g/mol. The van der Waals surface area contributed by atoms with E-state index in [-0.39, 0.29) is 5.92 Å². The Bertz CT molecular complexity index is 960. The van der Waals surface area contributed by atoms with Crippen molar-refractivity contribution in [2.45, 2.75) is 5.92 Å². The summed E-state index contributed by atoms with van der Waals surface area (Å²) in [7, 11) is 0. The fraction of sp³-hybridized carbons (Fsp3) is 0.0476. The molecule has 0 radical (unpaired) electrons. The monoisotopic (exact) mass is 377 g/mol. The molecule has 2 nitrogen and oxygen atoms in total. The second kappa shape index (κ2) is 6.17. The predicted molar refractivity (Wildman–Crippen MR) is 101 cm³/mol. The number of phenolic OH excluding ortho intramolecular Hbond substituents is 1. The Balaban J connectivity index is 2.01. The standard InChI is InChI=1S/C21H16BrNO/c22-18-10-4-1-8-15(18)21(16-9-3-6-12-20(16)24)17-13-23-19-11-5-2-7-14(17)19/h1-13,21,23-24H. The van der Waals surface area contributed by atoms with Gasteiger partial charge in [0.05, 0.1) is 0 Å². The van der Waals surface area contributed by atoms with Crippen LogP contribution in [0.4, 0.5) is 0 Å². The Kier molecular flexibility index (Phi) is 3.87. The van der Waals surface area contributed by atoms with E-state index in [2.05, 4.69) is 39.1 Å². The molecule has 0 aliphatic rings. The zero-order valence-corrected chi connectivity index (χ0v) is 14.5. The Labute approximate surface area is 148 Å². The fourth-order valence-electron chi connectivity index (χ4n) is 3.28. The SMILES string of the molecule is Oc1ccccc1C(c1ccccc1Br)c1c[nH]c2ccccc12. The van der Waals surface area contributed by atoms with Crippen LogP contribution in [0.2, 0.25) is 0 Å². The number of halogens is 1. The maximum atomic E-state index is 10.5. The van der Waals surface area contributed by atoms with Crippen molar-refractivity contribution < 1.29 is 5.11 Å². The van der Waals surface area contributed by atoms with E-state index in [1.165, 1.54) is 5.39 Å². The number of phenols is 1. The average Bonchev–Trinajstić information content (AvgIpc) is 3.02. The first kappa shape index (κ1) is 15.0. The van der Waals surface area contributed by atoms with Gasteiger partial charge in [-0.05, 0) is 29.3 Å². The highest BCUT2D eigenvalue weighted by molar-refractivity contribution is 9.10. The van der Waals surface area contributed by atoms with E-state index < -0.39 is 0 Å². The molecule has 0 saturated heterocycles. The Morgan fingerprint density at radius 1 is 0.750 bits per heavy atom. The molecule has 0 aliphatic carbocycles. The summed E-state index contributed by atoms with van der Waals surface area (Å²) in [4.78, 5) is 3.35. The van der Waals surface area contributed by atoms with Gasteiger partial charge in [-0.25, -0.2) is 0 Å². The van der Waals surface area contributed by atoms with Crippen LogP contribution in [0.1, 0.15) is 22.6 Å². The van der Waals surface area contributed by atoms with Gasteiger partial charge in [-0.2, -0.15) is 0 Å². The molecule has 4 aromatic rings. The summed E-state index contributed by atoms with van der Waals surface area (Å²) in [5.74, 6) is 0.251. The smallest absolute Gasteiger partial charge is 0.119 e. The van der Waals surface area contributed by atoms with Gasteiger partial charge in [-0.15, -0.1) is 0 Å². The minimum Gasteiger partial charge on any atom is -0.508 e. The van der Waals surface area contributed by atoms with E-state index >= 15 is 0 Å². The molecule has 0 aliphatic heterocycles. The van der Waals surface area contributed by atoms with Gasteiger partial charge in [0.15, 0.2) is 0 Å². The van der Waals surface area contributed by atoms with Gasteiger partial charge >= 0.3 is 0 Å². The lowest BCUT2D eigenvalue weighted by Crippen LogP contribution is -2.04. The summed E-state index contributed by atoms with van der Waals surface area (Å²) >= 11 is 3.68. The van der Waals surface area contributed by atoms with E-state index in [9.17, 15) is 5.11 Å². The summed E-state index contributed by atoms with van der Waals surface area (Å²) < 4.78 is 1.03. The van der Waals surface area contributed by atoms with Gasteiger partial charge < -0.3 is 10.1 Å². The van der Waals surface area contributed by atoms with Crippen molar-refractivity contribution in [1.29, 1.82) is 0 Å². The van der Waals surface area contributed by atoms with E-state index in [0.29, 0.717) is 5.75 Å². The lowest BCUT2D eigenvalue weighted by molar-refractivity contribution is 0.467.